The van der Waals surface area contributed by atoms with Crippen molar-refractivity contribution < 1.29 is 9.21 Å². The molecule has 1 aliphatic carbocycles. The van der Waals surface area contributed by atoms with E-state index < -0.39 is 0 Å². The van der Waals surface area contributed by atoms with Crippen molar-refractivity contribution in [1.29, 1.82) is 0 Å². The first-order chi connectivity index (χ1) is 13.1. The zero-order valence-corrected chi connectivity index (χ0v) is 15.9. The Hall–Kier alpha value is -2.59. The third kappa shape index (κ3) is 3.76. The summed E-state index contributed by atoms with van der Waals surface area (Å²) in [7, 11) is 2.04. The molecule has 27 heavy (non-hydrogen) atoms. The van der Waals surface area contributed by atoms with Gasteiger partial charge in [-0.25, -0.2) is 0 Å². The number of benzene rings is 2. The van der Waals surface area contributed by atoms with Crippen molar-refractivity contribution in [2.75, 3.05) is 13.6 Å². The average Bonchev–Trinajstić information content (AvgIpc) is 3.12. The summed E-state index contributed by atoms with van der Waals surface area (Å²) < 4.78 is 5.87. The molecular formula is C23H26N2O2. The van der Waals surface area contributed by atoms with Gasteiger partial charge in [0.05, 0.1) is 12.6 Å². The molecule has 0 radical (unpaired) electrons. The van der Waals surface area contributed by atoms with Crippen LogP contribution in [0.3, 0.4) is 0 Å². The summed E-state index contributed by atoms with van der Waals surface area (Å²) >= 11 is 0. The Bertz CT molecular complexity index is 913. The van der Waals surface area contributed by atoms with Gasteiger partial charge in [-0.1, -0.05) is 42.5 Å². The number of rotatable bonds is 5. The smallest absolute Gasteiger partial charge is 0.234 e. The van der Waals surface area contributed by atoms with Crippen LogP contribution in [0.15, 0.2) is 59.0 Å². The number of nitrogens with one attached hydrogen (secondary N) is 1. The van der Waals surface area contributed by atoms with Gasteiger partial charge in [-0.3, -0.25) is 9.69 Å². The summed E-state index contributed by atoms with van der Waals surface area (Å²) in [5, 5.41) is 4.14. The van der Waals surface area contributed by atoms with E-state index in [2.05, 4.69) is 34.5 Å². The molecule has 4 rings (SSSR count). The molecule has 0 spiro atoms. The summed E-state index contributed by atoms with van der Waals surface area (Å²) in [6, 6.07) is 18.7. The molecule has 1 heterocycles. The molecule has 1 aliphatic rings. The second-order valence-electron chi connectivity index (χ2n) is 7.50. The summed E-state index contributed by atoms with van der Waals surface area (Å²) in [5.74, 6) is 0.809. The number of likely N-dealkylation sites (N-methyl/N-ethyl adjacent to an activating group) is 1. The number of hydrogen-bond donors (Lipinski definition) is 1. The van der Waals surface area contributed by atoms with Gasteiger partial charge in [0.1, 0.15) is 11.3 Å². The van der Waals surface area contributed by atoms with E-state index in [1.807, 2.05) is 44.3 Å². The Balaban J connectivity index is 1.40. The Morgan fingerprint density at radius 1 is 1.22 bits per heavy atom. The van der Waals surface area contributed by atoms with Gasteiger partial charge >= 0.3 is 0 Å². The SMILES string of the molecule is CC(NC(=O)CN(C)C1CCCc2ccccc21)c1cc2ccccc2o1. The lowest BCUT2D eigenvalue weighted by Crippen LogP contribution is -2.39. The van der Waals surface area contributed by atoms with Crippen molar-refractivity contribution in [1.82, 2.24) is 10.2 Å². The number of para-hydroxylation sites is 1. The van der Waals surface area contributed by atoms with Crippen LogP contribution in [0.25, 0.3) is 11.0 Å². The van der Waals surface area contributed by atoms with E-state index in [0.29, 0.717) is 12.6 Å². The lowest BCUT2D eigenvalue weighted by atomic mass is 9.87. The van der Waals surface area contributed by atoms with Crippen LogP contribution in [0.5, 0.6) is 0 Å². The Labute approximate surface area is 160 Å². The molecule has 140 valence electrons. The maximum absolute atomic E-state index is 12.6. The molecule has 2 unspecified atom stereocenters. The monoisotopic (exact) mass is 362 g/mol. The highest BCUT2D eigenvalue weighted by Gasteiger charge is 2.25. The van der Waals surface area contributed by atoms with E-state index in [-0.39, 0.29) is 11.9 Å². The zero-order chi connectivity index (χ0) is 18.8. The van der Waals surface area contributed by atoms with Gasteiger partial charge in [0.2, 0.25) is 5.91 Å². The van der Waals surface area contributed by atoms with E-state index in [9.17, 15) is 4.79 Å². The van der Waals surface area contributed by atoms with Gasteiger partial charge in [0, 0.05) is 11.4 Å². The number of fused-ring (bicyclic) bond motifs is 2. The van der Waals surface area contributed by atoms with Crippen LogP contribution in [-0.4, -0.2) is 24.4 Å². The van der Waals surface area contributed by atoms with Crippen molar-refractivity contribution in [2.24, 2.45) is 0 Å². The first-order valence-corrected chi connectivity index (χ1v) is 9.67. The average molecular weight is 362 g/mol. The van der Waals surface area contributed by atoms with Gasteiger partial charge in [0.25, 0.3) is 0 Å². The predicted octanol–water partition coefficient (Wildman–Crippen LogP) is 4.62. The standard InChI is InChI=1S/C23H26N2O2/c1-16(22-14-18-9-4-6-13-21(18)27-22)24-23(26)15-25(2)20-12-7-10-17-8-3-5-11-19(17)20/h3-6,8-9,11,13-14,16,20H,7,10,12,15H2,1-2H3,(H,24,26). The van der Waals surface area contributed by atoms with Crippen LogP contribution in [0.2, 0.25) is 0 Å². The van der Waals surface area contributed by atoms with Crippen molar-refractivity contribution >= 4 is 16.9 Å². The third-order valence-corrected chi connectivity index (χ3v) is 5.51. The molecule has 4 heteroatoms. The number of furan rings is 1. The number of hydrogen-bond acceptors (Lipinski definition) is 3. The number of aryl methyl sites for hydroxylation is 1. The Morgan fingerprint density at radius 2 is 2.00 bits per heavy atom. The maximum atomic E-state index is 12.6. The first kappa shape index (κ1) is 17.8. The number of amides is 1. The van der Waals surface area contributed by atoms with Crippen molar-refractivity contribution in [3.8, 4) is 0 Å². The van der Waals surface area contributed by atoms with Crippen molar-refractivity contribution in [3.05, 3.63) is 71.5 Å². The zero-order valence-electron chi connectivity index (χ0n) is 15.9. The summed E-state index contributed by atoms with van der Waals surface area (Å²) in [6.07, 6.45) is 3.40. The fourth-order valence-electron chi connectivity index (χ4n) is 4.10. The molecule has 1 N–H and O–H groups in total. The summed E-state index contributed by atoms with van der Waals surface area (Å²) in [4.78, 5) is 14.8. The van der Waals surface area contributed by atoms with E-state index in [0.717, 1.165) is 29.6 Å². The van der Waals surface area contributed by atoms with Crippen LogP contribution in [0, 0.1) is 0 Å². The molecule has 1 aromatic heterocycles. The fraction of sp³-hybridized carbons (Fsp3) is 0.348. The minimum absolute atomic E-state index is 0.0218. The lowest BCUT2D eigenvalue weighted by molar-refractivity contribution is -0.123. The van der Waals surface area contributed by atoms with Crippen molar-refractivity contribution in [2.45, 2.75) is 38.3 Å². The van der Waals surface area contributed by atoms with Crippen molar-refractivity contribution in [3.63, 3.8) is 0 Å². The molecule has 3 aromatic rings. The lowest BCUT2D eigenvalue weighted by Gasteiger charge is -2.33. The maximum Gasteiger partial charge on any atom is 0.234 e. The number of carbonyl (C=O) groups is 1. The van der Waals surface area contributed by atoms with Crippen LogP contribution in [0.1, 0.15) is 48.7 Å². The van der Waals surface area contributed by atoms with Crippen LogP contribution >= 0.6 is 0 Å². The summed E-state index contributed by atoms with van der Waals surface area (Å²) in [6.45, 7) is 2.34. The van der Waals surface area contributed by atoms with E-state index in [1.165, 1.54) is 17.5 Å². The van der Waals surface area contributed by atoms with Gasteiger partial charge in [0.15, 0.2) is 0 Å². The molecule has 1 amide bonds. The van der Waals surface area contributed by atoms with Crippen LogP contribution < -0.4 is 5.32 Å². The quantitative estimate of drug-likeness (QED) is 0.720. The highest BCUT2D eigenvalue weighted by Crippen LogP contribution is 2.33. The normalized spacial score (nSPS) is 17.7. The molecular weight excluding hydrogens is 336 g/mol. The third-order valence-electron chi connectivity index (χ3n) is 5.51. The van der Waals surface area contributed by atoms with E-state index in [1.54, 1.807) is 0 Å². The van der Waals surface area contributed by atoms with Crippen LogP contribution in [0.4, 0.5) is 0 Å². The molecule has 0 saturated heterocycles. The molecule has 0 bridgehead atoms. The van der Waals surface area contributed by atoms with Gasteiger partial charge in [-0.2, -0.15) is 0 Å². The van der Waals surface area contributed by atoms with E-state index >= 15 is 0 Å². The molecule has 4 nitrogen and oxygen atoms in total. The van der Waals surface area contributed by atoms with Gasteiger partial charge in [-0.15, -0.1) is 0 Å². The summed E-state index contributed by atoms with van der Waals surface area (Å²) in [5.41, 5.74) is 3.63. The van der Waals surface area contributed by atoms with Gasteiger partial charge in [-0.05, 0) is 56.5 Å². The highest BCUT2D eigenvalue weighted by molar-refractivity contribution is 5.80. The molecule has 2 atom stereocenters. The van der Waals surface area contributed by atoms with Gasteiger partial charge < -0.3 is 9.73 Å². The minimum Gasteiger partial charge on any atom is -0.459 e. The highest BCUT2D eigenvalue weighted by atomic mass is 16.3. The Kier molecular flexibility index (Phi) is 4.99. The fourth-order valence-corrected chi connectivity index (χ4v) is 4.10. The molecule has 0 fully saturated rings. The predicted molar refractivity (Wildman–Crippen MR) is 108 cm³/mol. The van der Waals surface area contributed by atoms with Crippen LogP contribution in [-0.2, 0) is 11.2 Å². The number of carbonyl (C=O) groups excluding carboxylic acids is 1. The number of nitrogens with zero attached hydrogens (tertiary/aromatic N) is 1. The molecule has 0 aliphatic heterocycles. The Morgan fingerprint density at radius 3 is 2.85 bits per heavy atom. The van der Waals surface area contributed by atoms with E-state index in [4.69, 9.17) is 4.42 Å². The second-order valence-corrected chi connectivity index (χ2v) is 7.50. The second kappa shape index (κ2) is 7.57. The molecule has 0 saturated carbocycles. The first-order valence-electron chi connectivity index (χ1n) is 9.67. The minimum atomic E-state index is -0.156. The molecule has 2 aromatic carbocycles. The topological polar surface area (TPSA) is 45.5 Å². The largest absolute Gasteiger partial charge is 0.459 e.